The zero-order valence-corrected chi connectivity index (χ0v) is 14.0. The lowest BCUT2D eigenvalue weighted by molar-refractivity contribution is -0.136. The van der Waals surface area contributed by atoms with Gasteiger partial charge in [-0.2, -0.15) is 0 Å². The van der Waals surface area contributed by atoms with Crippen LogP contribution in [0.15, 0.2) is 66.7 Å². The molecule has 0 saturated carbocycles. The van der Waals surface area contributed by atoms with Gasteiger partial charge in [0.2, 0.25) is 0 Å². The van der Waals surface area contributed by atoms with Crippen LogP contribution in [-0.4, -0.2) is 21.2 Å². The Balaban J connectivity index is 2.00. The predicted octanol–water partition coefficient (Wildman–Crippen LogP) is 4.17. The molecule has 4 aromatic rings. The number of rotatable bonds is 4. The molecule has 0 amide bonds. The predicted molar refractivity (Wildman–Crippen MR) is 102 cm³/mol. The van der Waals surface area contributed by atoms with Crippen LogP contribution >= 0.6 is 0 Å². The SMILES string of the molecule is O=C(O)Cc1ccc2cccc(-c3cccc4c(CO)cccc34)c2n1. The summed E-state index contributed by atoms with van der Waals surface area (Å²) in [5.74, 6) is -0.896. The number of carboxylic acids is 1. The highest BCUT2D eigenvalue weighted by molar-refractivity contribution is 6.04. The minimum Gasteiger partial charge on any atom is -0.481 e. The van der Waals surface area contributed by atoms with Crippen molar-refractivity contribution in [1.29, 1.82) is 0 Å². The lowest BCUT2D eigenvalue weighted by Crippen LogP contribution is -2.02. The van der Waals surface area contributed by atoms with Gasteiger partial charge in [-0.15, -0.1) is 0 Å². The standard InChI is InChI=1S/C22H17NO3/c24-13-15-5-2-7-18-17(15)6-3-8-19(18)20-9-1-4-14-10-11-16(12-21(25)26)23-22(14)20/h1-11,24H,12-13H2,(H,25,26). The van der Waals surface area contributed by atoms with E-state index >= 15 is 0 Å². The first kappa shape index (κ1) is 16.2. The first-order chi connectivity index (χ1) is 12.7. The molecule has 1 aromatic heterocycles. The summed E-state index contributed by atoms with van der Waals surface area (Å²) in [5.41, 5.74) is 4.17. The highest BCUT2D eigenvalue weighted by atomic mass is 16.4. The van der Waals surface area contributed by atoms with E-state index in [0.29, 0.717) is 5.69 Å². The molecule has 0 aliphatic heterocycles. The van der Waals surface area contributed by atoms with Gasteiger partial charge in [-0.25, -0.2) is 0 Å². The van der Waals surface area contributed by atoms with Crippen LogP contribution in [0.5, 0.6) is 0 Å². The molecule has 0 radical (unpaired) electrons. The van der Waals surface area contributed by atoms with Gasteiger partial charge in [-0.3, -0.25) is 9.78 Å². The molecule has 4 nitrogen and oxygen atoms in total. The smallest absolute Gasteiger partial charge is 0.309 e. The van der Waals surface area contributed by atoms with Crippen LogP contribution in [-0.2, 0) is 17.8 Å². The first-order valence-corrected chi connectivity index (χ1v) is 8.39. The maximum Gasteiger partial charge on any atom is 0.309 e. The third kappa shape index (κ3) is 2.80. The Labute approximate surface area is 150 Å². The molecule has 3 aromatic carbocycles. The van der Waals surface area contributed by atoms with Crippen molar-refractivity contribution in [2.24, 2.45) is 0 Å². The van der Waals surface area contributed by atoms with E-state index in [1.165, 1.54) is 0 Å². The summed E-state index contributed by atoms with van der Waals surface area (Å²) >= 11 is 0. The number of fused-ring (bicyclic) bond motifs is 2. The van der Waals surface area contributed by atoms with Gasteiger partial charge in [0.05, 0.1) is 24.2 Å². The number of nitrogens with zero attached hydrogens (tertiary/aromatic N) is 1. The Hall–Kier alpha value is -3.24. The Bertz CT molecular complexity index is 1130. The summed E-state index contributed by atoms with van der Waals surface area (Å²) < 4.78 is 0. The summed E-state index contributed by atoms with van der Waals surface area (Å²) in [6.45, 7) is -0.0165. The van der Waals surface area contributed by atoms with Gasteiger partial charge in [0.15, 0.2) is 0 Å². The quantitative estimate of drug-likeness (QED) is 0.583. The monoisotopic (exact) mass is 343 g/mol. The molecule has 1 heterocycles. The fraction of sp³-hybridized carbons (Fsp3) is 0.0909. The molecule has 26 heavy (non-hydrogen) atoms. The van der Waals surface area contributed by atoms with Crippen molar-refractivity contribution in [3.8, 4) is 11.1 Å². The Morgan fingerprint density at radius 3 is 2.38 bits per heavy atom. The molecule has 0 atom stereocenters. The highest BCUT2D eigenvalue weighted by Gasteiger charge is 2.11. The van der Waals surface area contributed by atoms with E-state index in [1.54, 1.807) is 6.07 Å². The van der Waals surface area contributed by atoms with Gasteiger partial charge >= 0.3 is 5.97 Å². The van der Waals surface area contributed by atoms with Gasteiger partial charge in [0, 0.05) is 10.9 Å². The Morgan fingerprint density at radius 1 is 0.846 bits per heavy atom. The minimum absolute atomic E-state index is 0.0165. The van der Waals surface area contributed by atoms with Crippen molar-refractivity contribution in [3.63, 3.8) is 0 Å². The van der Waals surface area contributed by atoms with Crippen LogP contribution < -0.4 is 0 Å². The minimum atomic E-state index is -0.896. The van der Waals surface area contributed by atoms with Gasteiger partial charge < -0.3 is 10.2 Å². The molecule has 0 fully saturated rings. The number of hydrogen-bond acceptors (Lipinski definition) is 3. The average Bonchev–Trinajstić information content (AvgIpc) is 2.66. The fourth-order valence-corrected chi connectivity index (χ4v) is 3.41. The van der Waals surface area contributed by atoms with Gasteiger partial charge in [0.25, 0.3) is 0 Å². The van der Waals surface area contributed by atoms with E-state index in [2.05, 4.69) is 4.98 Å². The molecule has 0 spiro atoms. The molecule has 4 rings (SSSR count). The van der Waals surface area contributed by atoms with Crippen molar-refractivity contribution < 1.29 is 15.0 Å². The number of para-hydroxylation sites is 1. The van der Waals surface area contributed by atoms with Crippen LogP contribution in [0.1, 0.15) is 11.3 Å². The summed E-state index contributed by atoms with van der Waals surface area (Å²) in [4.78, 5) is 15.7. The summed E-state index contributed by atoms with van der Waals surface area (Å²) in [7, 11) is 0. The lowest BCUT2D eigenvalue weighted by atomic mass is 9.94. The van der Waals surface area contributed by atoms with Crippen LogP contribution in [0.3, 0.4) is 0 Å². The van der Waals surface area contributed by atoms with Crippen molar-refractivity contribution in [1.82, 2.24) is 4.98 Å². The van der Waals surface area contributed by atoms with Crippen molar-refractivity contribution >= 4 is 27.6 Å². The maximum absolute atomic E-state index is 11.0. The van der Waals surface area contributed by atoms with E-state index in [4.69, 9.17) is 5.11 Å². The zero-order valence-electron chi connectivity index (χ0n) is 14.0. The number of carboxylic acid groups (broad SMARTS) is 1. The van der Waals surface area contributed by atoms with Gasteiger partial charge in [0.1, 0.15) is 0 Å². The first-order valence-electron chi connectivity index (χ1n) is 8.39. The molecule has 0 bridgehead atoms. The molecular weight excluding hydrogens is 326 g/mol. The molecule has 0 aliphatic rings. The normalized spacial score (nSPS) is 11.1. The second-order valence-electron chi connectivity index (χ2n) is 6.23. The van der Waals surface area contributed by atoms with Crippen LogP contribution in [0.4, 0.5) is 0 Å². The molecule has 4 heteroatoms. The average molecular weight is 343 g/mol. The second-order valence-corrected chi connectivity index (χ2v) is 6.23. The molecule has 0 aliphatic carbocycles. The number of pyridine rings is 1. The largest absolute Gasteiger partial charge is 0.481 e. The third-order valence-electron chi connectivity index (χ3n) is 4.58. The molecule has 0 unspecified atom stereocenters. The van der Waals surface area contributed by atoms with E-state index in [9.17, 15) is 9.90 Å². The van der Waals surface area contributed by atoms with Crippen molar-refractivity contribution in [3.05, 3.63) is 78.0 Å². The number of benzene rings is 3. The topological polar surface area (TPSA) is 70.4 Å². The highest BCUT2D eigenvalue weighted by Crippen LogP contribution is 2.34. The molecular formula is C22H17NO3. The summed E-state index contributed by atoms with van der Waals surface area (Å²) in [5, 5.41) is 21.7. The van der Waals surface area contributed by atoms with E-state index < -0.39 is 5.97 Å². The van der Waals surface area contributed by atoms with Crippen LogP contribution in [0, 0.1) is 0 Å². The van der Waals surface area contributed by atoms with E-state index in [0.717, 1.165) is 38.4 Å². The molecule has 2 N–H and O–H groups in total. The van der Waals surface area contributed by atoms with E-state index in [-0.39, 0.29) is 13.0 Å². The molecule has 128 valence electrons. The summed E-state index contributed by atoms with van der Waals surface area (Å²) in [6, 6.07) is 21.5. The number of carbonyl (C=O) groups is 1. The zero-order chi connectivity index (χ0) is 18.1. The number of aliphatic carboxylic acids is 1. The number of aliphatic hydroxyl groups excluding tert-OH is 1. The Kier molecular flexibility index (Phi) is 4.11. The maximum atomic E-state index is 11.0. The number of hydrogen-bond donors (Lipinski definition) is 2. The van der Waals surface area contributed by atoms with Crippen molar-refractivity contribution in [2.75, 3.05) is 0 Å². The van der Waals surface area contributed by atoms with Gasteiger partial charge in [-0.05, 0) is 28.0 Å². The van der Waals surface area contributed by atoms with Crippen molar-refractivity contribution in [2.45, 2.75) is 13.0 Å². The van der Waals surface area contributed by atoms with Crippen LogP contribution in [0.2, 0.25) is 0 Å². The second kappa shape index (κ2) is 6.58. The lowest BCUT2D eigenvalue weighted by Gasteiger charge is -2.12. The Morgan fingerprint density at radius 2 is 1.58 bits per heavy atom. The molecule has 0 saturated heterocycles. The number of aliphatic hydroxyl groups is 1. The summed E-state index contributed by atoms with van der Waals surface area (Å²) in [6.07, 6.45) is -0.103. The van der Waals surface area contributed by atoms with Crippen LogP contribution in [0.25, 0.3) is 32.8 Å². The van der Waals surface area contributed by atoms with E-state index in [1.807, 2.05) is 60.7 Å². The number of aromatic nitrogens is 1. The van der Waals surface area contributed by atoms with Gasteiger partial charge in [-0.1, -0.05) is 60.7 Å². The fourth-order valence-electron chi connectivity index (χ4n) is 3.41. The third-order valence-corrected chi connectivity index (χ3v) is 4.58.